The summed E-state index contributed by atoms with van der Waals surface area (Å²) in [5.74, 6) is -0.253. The van der Waals surface area contributed by atoms with Crippen molar-refractivity contribution in [3.63, 3.8) is 0 Å². The lowest BCUT2D eigenvalue weighted by Crippen LogP contribution is -2.12. The summed E-state index contributed by atoms with van der Waals surface area (Å²) in [6, 6.07) is 12.9. The van der Waals surface area contributed by atoms with Gasteiger partial charge < -0.3 is 9.73 Å². The van der Waals surface area contributed by atoms with E-state index in [1.54, 1.807) is 42.5 Å². The van der Waals surface area contributed by atoms with Crippen LogP contribution in [0.25, 0.3) is 11.5 Å². The molecule has 1 N–H and O–H groups in total. The van der Waals surface area contributed by atoms with Crippen LogP contribution in [0, 0.1) is 5.82 Å². The minimum atomic E-state index is -0.437. The van der Waals surface area contributed by atoms with Crippen molar-refractivity contribution >= 4 is 23.2 Å². The van der Waals surface area contributed by atoms with Gasteiger partial charge in [-0.05, 0) is 36.4 Å². The van der Waals surface area contributed by atoms with Crippen LogP contribution in [0.1, 0.15) is 12.3 Å². The summed E-state index contributed by atoms with van der Waals surface area (Å²) < 4.78 is 19.1. The van der Waals surface area contributed by atoms with Gasteiger partial charge in [-0.1, -0.05) is 23.7 Å². The Morgan fingerprint density at radius 2 is 1.88 bits per heavy atom. The number of nitrogens with zero attached hydrogens (tertiary/aromatic N) is 2. The first-order valence-electron chi connectivity index (χ1n) is 7.24. The van der Waals surface area contributed by atoms with Crippen molar-refractivity contribution in [1.29, 1.82) is 0 Å². The Bertz CT molecular complexity index is 849. The Labute approximate surface area is 142 Å². The van der Waals surface area contributed by atoms with Crippen molar-refractivity contribution < 1.29 is 13.6 Å². The van der Waals surface area contributed by atoms with Crippen molar-refractivity contribution in [1.82, 2.24) is 10.2 Å². The Hall–Kier alpha value is -2.73. The number of amides is 1. The zero-order chi connectivity index (χ0) is 16.9. The van der Waals surface area contributed by atoms with Crippen LogP contribution in [0.3, 0.4) is 0 Å². The number of carbonyl (C=O) groups excluding carboxylic acids is 1. The third kappa shape index (κ3) is 3.97. The molecule has 2 aromatic carbocycles. The van der Waals surface area contributed by atoms with Gasteiger partial charge in [0.2, 0.25) is 11.8 Å². The lowest BCUT2D eigenvalue weighted by Gasteiger charge is -2.03. The van der Waals surface area contributed by atoms with Gasteiger partial charge in [-0.25, -0.2) is 4.39 Å². The lowest BCUT2D eigenvalue weighted by atomic mass is 10.2. The van der Waals surface area contributed by atoms with Crippen molar-refractivity contribution in [3.05, 3.63) is 65.3 Å². The number of aryl methyl sites for hydroxylation is 1. The molecule has 7 heteroatoms. The molecule has 0 saturated heterocycles. The monoisotopic (exact) mass is 345 g/mol. The molecule has 1 aromatic heterocycles. The van der Waals surface area contributed by atoms with Gasteiger partial charge in [0.25, 0.3) is 5.89 Å². The molecule has 3 aromatic rings. The van der Waals surface area contributed by atoms with E-state index in [1.807, 2.05) is 0 Å². The largest absolute Gasteiger partial charge is 0.421 e. The zero-order valence-corrected chi connectivity index (χ0v) is 13.3. The van der Waals surface area contributed by atoms with E-state index in [1.165, 1.54) is 6.07 Å². The molecule has 0 saturated carbocycles. The first-order valence-corrected chi connectivity index (χ1v) is 7.62. The zero-order valence-electron chi connectivity index (χ0n) is 12.5. The Morgan fingerprint density at radius 1 is 1.12 bits per heavy atom. The first kappa shape index (κ1) is 16.1. The molecule has 0 unspecified atom stereocenters. The fourth-order valence-corrected chi connectivity index (χ4v) is 2.20. The highest BCUT2D eigenvalue weighted by Crippen LogP contribution is 2.21. The number of nitrogens with one attached hydrogen (secondary N) is 1. The van der Waals surface area contributed by atoms with Crippen molar-refractivity contribution in [2.45, 2.75) is 12.8 Å². The highest BCUT2D eigenvalue weighted by molar-refractivity contribution is 6.30. The molecule has 0 aliphatic carbocycles. The second kappa shape index (κ2) is 7.23. The summed E-state index contributed by atoms with van der Waals surface area (Å²) in [5, 5.41) is 11.0. The Kier molecular flexibility index (Phi) is 4.86. The first-order chi connectivity index (χ1) is 11.6. The van der Waals surface area contributed by atoms with E-state index in [0.717, 1.165) is 0 Å². The van der Waals surface area contributed by atoms with E-state index >= 15 is 0 Å². The van der Waals surface area contributed by atoms with E-state index < -0.39 is 5.82 Å². The SMILES string of the molecule is O=C(CCc1nnc(-c2ccccc2F)o1)Nc1ccc(Cl)cc1. The van der Waals surface area contributed by atoms with E-state index in [9.17, 15) is 9.18 Å². The van der Waals surface area contributed by atoms with Gasteiger partial charge >= 0.3 is 0 Å². The summed E-state index contributed by atoms with van der Waals surface area (Å²) in [7, 11) is 0. The molecule has 1 amide bonds. The molecule has 0 spiro atoms. The molecule has 0 bridgehead atoms. The predicted molar refractivity (Wildman–Crippen MR) is 88.1 cm³/mol. The van der Waals surface area contributed by atoms with Crippen molar-refractivity contribution in [2.24, 2.45) is 0 Å². The number of aromatic nitrogens is 2. The maximum Gasteiger partial charge on any atom is 0.250 e. The van der Waals surface area contributed by atoms with Gasteiger partial charge in [0.15, 0.2) is 0 Å². The van der Waals surface area contributed by atoms with E-state index in [0.29, 0.717) is 10.7 Å². The van der Waals surface area contributed by atoms with Gasteiger partial charge in [0.1, 0.15) is 5.82 Å². The topological polar surface area (TPSA) is 68.0 Å². The van der Waals surface area contributed by atoms with Gasteiger partial charge in [-0.15, -0.1) is 10.2 Å². The number of rotatable bonds is 5. The van der Waals surface area contributed by atoms with Gasteiger partial charge in [-0.2, -0.15) is 0 Å². The van der Waals surface area contributed by atoms with Crippen molar-refractivity contribution in [2.75, 3.05) is 5.32 Å². The number of anilines is 1. The lowest BCUT2D eigenvalue weighted by molar-refractivity contribution is -0.116. The molecule has 0 radical (unpaired) electrons. The predicted octanol–water partition coefficient (Wildman–Crippen LogP) is 4.10. The van der Waals surface area contributed by atoms with Crippen LogP contribution in [-0.4, -0.2) is 16.1 Å². The average molecular weight is 346 g/mol. The quantitative estimate of drug-likeness (QED) is 0.756. The summed E-state index contributed by atoms with van der Waals surface area (Å²) in [6.45, 7) is 0. The molecule has 24 heavy (non-hydrogen) atoms. The molecule has 0 atom stereocenters. The van der Waals surface area contributed by atoms with Crippen LogP contribution < -0.4 is 5.32 Å². The van der Waals surface area contributed by atoms with Crippen LogP contribution in [0.4, 0.5) is 10.1 Å². The highest BCUT2D eigenvalue weighted by Gasteiger charge is 2.13. The molecule has 0 fully saturated rings. The normalized spacial score (nSPS) is 10.6. The number of benzene rings is 2. The summed E-state index contributed by atoms with van der Waals surface area (Å²) >= 11 is 5.79. The third-order valence-electron chi connectivity index (χ3n) is 3.27. The fourth-order valence-electron chi connectivity index (χ4n) is 2.08. The fraction of sp³-hybridized carbons (Fsp3) is 0.118. The standard InChI is InChI=1S/C17H13ClFN3O2/c18-11-5-7-12(8-6-11)20-15(23)9-10-16-21-22-17(24-16)13-3-1-2-4-14(13)19/h1-8H,9-10H2,(H,20,23). The second-order valence-electron chi connectivity index (χ2n) is 5.04. The Morgan fingerprint density at radius 3 is 2.62 bits per heavy atom. The molecular weight excluding hydrogens is 333 g/mol. The highest BCUT2D eigenvalue weighted by atomic mass is 35.5. The molecular formula is C17H13ClFN3O2. The molecule has 3 rings (SSSR count). The molecule has 5 nitrogen and oxygen atoms in total. The number of carbonyl (C=O) groups is 1. The minimum Gasteiger partial charge on any atom is -0.421 e. The van der Waals surface area contributed by atoms with Gasteiger partial charge in [0, 0.05) is 23.6 Å². The van der Waals surface area contributed by atoms with E-state index in [-0.39, 0.29) is 36.1 Å². The maximum absolute atomic E-state index is 13.7. The van der Waals surface area contributed by atoms with Crippen LogP contribution >= 0.6 is 11.6 Å². The average Bonchev–Trinajstić information content (AvgIpc) is 3.04. The molecule has 0 aliphatic heterocycles. The third-order valence-corrected chi connectivity index (χ3v) is 3.52. The van der Waals surface area contributed by atoms with Crippen LogP contribution in [0.5, 0.6) is 0 Å². The van der Waals surface area contributed by atoms with Crippen LogP contribution in [-0.2, 0) is 11.2 Å². The van der Waals surface area contributed by atoms with Gasteiger partial charge in [0.05, 0.1) is 5.56 Å². The minimum absolute atomic E-state index is 0.0983. The summed E-state index contributed by atoms with van der Waals surface area (Å²) in [4.78, 5) is 11.9. The Balaban J connectivity index is 1.58. The van der Waals surface area contributed by atoms with Crippen molar-refractivity contribution in [3.8, 4) is 11.5 Å². The van der Waals surface area contributed by atoms with Crippen LogP contribution in [0.2, 0.25) is 5.02 Å². The van der Waals surface area contributed by atoms with E-state index in [2.05, 4.69) is 15.5 Å². The summed E-state index contributed by atoms with van der Waals surface area (Å²) in [6.07, 6.45) is 0.433. The number of halogens is 2. The second-order valence-corrected chi connectivity index (χ2v) is 5.47. The molecule has 1 heterocycles. The number of hydrogen-bond acceptors (Lipinski definition) is 4. The van der Waals surface area contributed by atoms with Crippen LogP contribution in [0.15, 0.2) is 52.9 Å². The summed E-state index contributed by atoms with van der Waals surface area (Å²) in [5.41, 5.74) is 0.892. The molecule has 122 valence electrons. The maximum atomic E-state index is 13.7. The molecule has 0 aliphatic rings. The smallest absolute Gasteiger partial charge is 0.250 e. The number of hydrogen-bond donors (Lipinski definition) is 1. The van der Waals surface area contributed by atoms with Gasteiger partial charge in [-0.3, -0.25) is 4.79 Å². The van der Waals surface area contributed by atoms with E-state index in [4.69, 9.17) is 16.0 Å².